The summed E-state index contributed by atoms with van der Waals surface area (Å²) in [5.74, 6) is -0.433. The standard InChI is InChI=1S/C11H15FN2O2S/c1-14-7-6-13-11(8-14)17(15,16)10-4-2-9(12)3-5-10/h2-5,11,13H,6-8H2,1H3. The van der Waals surface area contributed by atoms with Crippen LogP contribution >= 0.6 is 0 Å². The van der Waals surface area contributed by atoms with Crippen molar-refractivity contribution in [1.29, 1.82) is 0 Å². The number of nitrogens with one attached hydrogen (secondary N) is 1. The molecule has 1 aliphatic rings. The fourth-order valence-electron chi connectivity index (χ4n) is 1.85. The zero-order valence-electron chi connectivity index (χ0n) is 9.56. The summed E-state index contributed by atoms with van der Waals surface area (Å²) in [6.07, 6.45) is 0. The highest BCUT2D eigenvalue weighted by atomic mass is 32.2. The molecule has 0 spiro atoms. The van der Waals surface area contributed by atoms with Gasteiger partial charge in [0.05, 0.1) is 4.90 Å². The fourth-order valence-corrected chi connectivity index (χ4v) is 3.48. The first kappa shape index (κ1) is 12.5. The van der Waals surface area contributed by atoms with Crippen molar-refractivity contribution in [3.05, 3.63) is 30.1 Å². The van der Waals surface area contributed by atoms with Crippen molar-refractivity contribution in [2.45, 2.75) is 10.3 Å². The van der Waals surface area contributed by atoms with Crippen molar-refractivity contribution in [3.63, 3.8) is 0 Å². The first-order valence-electron chi connectivity index (χ1n) is 5.41. The first-order chi connectivity index (χ1) is 8.00. The Morgan fingerprint density at radius 2 is 2.00 bits per heavy atom. The maximum absolute atomic E-state index is 12.8. The van der Waals surface area contributed by atoms with Crippen LogP contribution in [0, 0.1) is 5.82 Å². The lowest BCUT2D eigenvalue weighted by atomic mass is 10.3. The minimum absolute atomic E-state index is 0.159. The Kier molecular flexibility index (Phi) is 3.46. The largest absolute Gasteiger partial charge is 0.302 e. The molecule has 1 aliphatic heterocycles. The number of benzene rings is 1. The lowest BCUT2D eigenvalue weighted by molar-refractivity contribution is 0.272. The second-order valence-electron chi connectivity index (χ2n) is 4.20. The minimum atomic E-state index is -3.43. The Bertz CT molecular complexity index is 487. The van der Waals surface area contributed by atoms with Crippen molar-refractivity contribution < 1.29 is 12.8 Å². The molecular weight excluding hydrogens is 243 g/mol. The van der Waals surface area contributed by atoms with Crippen LogP contribution in [0.3, 0.4) is 0 Å². The van der Waals surface area contributed by atoms with E-state index >= 15 is 0 Å². The molecule has 1 aromatic carbocycles. The number of sulfone groups is 1. The van der Waals surface area contributed by atoms with Gasteiger partial charge in [-0.25, -0.2) is 12.8 Å². The van der Waals surface area contributed by atoms with Gasteiger partial charge in [-0.15, -0.1) is 0 Å². The number of halogens is 1. The Hall–Kier alpha value is -0.980. The van der Waals surface area contributed by atoms with Gasteiger partial charge in [0.2, 0.25) is 0 Å². The van der Waals surface area contributed by atoms with E-state index in [2.05, 4.69) is 5.32 Å². The second kappa shape index (κ2) is 4.72. The van der Waals surface area contributed by atoms with E-state index in [4.69, 9.17) is 0 Å². The molecule has 0 bridgehead atoms. The van der Waals surface area contributed by atoms with E-state index in [-0.39, 0.29) is 4.90 Å². The Balaban J connectivity index is 2.26. The van der Waals surface area contributed by atoms with Gasteiger partial charge >= 0.3 is 0 Å². The SMILES string of the molecule is CN1CCNC(S(=O)(=O)c2ccc(F)cc2)C1. The molecule has 0 radical (unpaired) electrons. The van der Waals surface area contributed by atoms with E-state index in [1.165, 1.54) is 24.3 Å². The molecule has 6 heteroatoms. The second-order valence-corrected chi connectivity index (χ2v) is 6.33. The predicted octanol–water partition coefficient (Wildman–Crippen LogP) is 0.460. The van der Waals surface area contributed by atoms with Gasteiger partial charge in [-0.1, -0.05) is 0 Å². The van der Waals surface area contributed by atoms with Crippen LogP contribution in [0.25, 0.3) is 0 Å². The van der Waals surface area contributed by atoms with Crippen molar-refractivity contribution in [1.82, 2.24) is 10.2 Å². The summed E-state index contributed by atoms with van der Waals surface area (Å²) < 4.78 is 37.2. The smallest absolute Gasteiger partial charge is 0.195 e. The Morgan fingerprint density at radius 1 is 1.35 bits per heavy atom. The van der Waals surface area contributed by atoms with Crippen LogP contribution in [-0.2, 0) is 9.84 Å². The molecule has 1 N–H and O–H groups in total. The van der Waals surface area contributed by atoms with Crippen LogP contribution in [0.1, 0.15) is 0 Å². The van der Waals surface area contributed by atoms with Crippen molar-refractivity contribution in [2.75, 3.05) is 26.7 Å². The lowest BCUT2D eigenvalue weighted by Gasteiger charge is -2.30. The van der Waals surface area contributed by atoms with Gasteiger partial charge in [-0.2, -0.15) is 0 Å². The zero-order valence-corrected chi connectivity index (χ0v) is 10.4. The summed E-state index contributed by atoms with van der Waals surface area (Å²) in [5.41, 5.74) is 0. The monoisotopic (exact) mass is 258 g/mol. The summed E-state index contributed by atoms with van der Waals surface area (Å²) in [6.45, 7) is 1.91. The molecule has 1 atom stereocenters. The van der Waals surface area contributed by atoms with E-state index < -0.39 is 21.0 Å². The van der Waals surface area contributed by atoms with Crippen LogP contribution in [-0.4, -0.2) is 45.4 Å². The third-order valence-corrected chi connectivity index (χ3v) is 4.85. The van der Waals surface area contributed by atoms with Crippen LogP contribution in [0.2, 0.25) is 0 Å². The first-order valence-corrected chi connectivity index (χ1v) is 6.96. The predicted molar refractivity (Wildman–Crippen MR) is 62.9 cm³/mol. The molecule has 1 aromatic rings. The average molecular weight is 258 g/mol. The van der Waals surface area contributed by atoms with E-state index in [1.54, 1.807) is 0 Å². The molecule has 1 unspecified atom stereocenters. The topological polar surface area (TPSA) is 49.4 Å². The van der Waals surface area contributed by atoms with Gasteiger partial charge in [0.1, 0.15) is 11.2 Å². The summed E-state index contributed by atoms with van der Waals surface area (Å²) in [7, 11) is -1.55. The third-order valence-electron chi connectivity index (χ3n) is 2.86. The third kappa shape index (κ3) is 2.65. The molecule has 1 heterocycles. The molecule has 0 amide bonds. The lowest BCUT2D eigenvalue weighted by Crippen LogP contribution is -2.52. The van der Waals surface area contributed by atoms with Crippen LogP contribution in [0.15, 0.2) is 29.2 Å². The summed E-state index contributed by atoms with van der Waals surface area (Å²) in [4.78, 5) is 2.12. The summed E-state index contributed by atoms with van der Waals surface area (Å²) in [5, 5.41) is 2.36. The molecule has 4 nitrogen and oxygen atoms in total. The summed E-state index contributed by atoms with van der Waals surface area (Å²) in [6, 6.07) is 4.95. The molecule has 0 saturated carbocycles. The molecule has 0 aromatic heterocycles. The number of rotatable bonds is 2. The Morgan fingerprint density at radius 3 is 2.59 bits per heavy atom. The normalized spacial score (nSPS) is 22.6. The molecule has 17 heavy (non-hydrogen) atoms. The number of nitrogens with zero attached hydrogens (tertiary/aromatic N) is 1. The van der Waals surface area contributed by atoms with Crippen LogP contribution in [0.4, 0.5) is 4.39 Å². The highest BCUT2D eigenvalue weighted by Crippen LogP contribution is 2.17. The van der Waals surface area contributed by atoms with E-state index in [9.17, 15) is 12.8 Å². The highest BCUT2D eigenvalue weighted by molar-refractivity contribution is 7.92. The van der Waals surface area contributed by atoms with Crippen molar-refractivity contribution in [3.8, 4) is 0 Å². The zero-order chi connectivity index (χ0) is 12.5. The molecule has 2 rings (SSSR count). The van der Waals surface area contributed by atoms with E-state index in [0.29, 0.717) is 13.1 Å². The fraction of sp³-hybridized carbons (Fsp3) is 0.455. The maximum atomic E-state index is 12.8. The van der Waals surface area contributed by atoms with Crippen molar-refractivity contribution >= 4 is 9.84 Å². The molecule has 0 aliphatic carbocycles. The number of hydrogen-bond acceptors (Lipinski definition) is 4. The van der Waals surface area contributed by atoms with Crippen LogP contribution < -0.4 is 5.32 Å². The number of hydrogen-bond donors (Lipinski definition) is 1. The van der Waals surface area contributed by atoms with Gasteiger partial charge in [0.15, 0.2) is 9.84 Å². The van der Waals surface area contributed by atoms with Crippen LogP contribution in [0.5, 0.6) is 0 Å². The van der Waals surface area contributed by atoms with Gasteiger partial charge < -0.3 is 4.90 Å². The minimum Gasteiger partial charge on any atom is -0.302 e. The van der Waals surface area contributed by atoms with Gasteiger partial charge in [-0.05, 0) is 31.3 Å². The number of piperazine rings is 1. The van der Waals surface area contributed by atoms with E-state index in [0.717, 1.165) is 6.54 Å². The molecule has 1 fully saturated rings. The maximum Gasteiger partial charge on any atom is 0.195 e. The summed E-state index contributed by atoms with van der Waals surface area (Å²) >= 11 is 0. The van der Waals surface area contributed by atoms with Gasteiger partial charge in [0, 0.05) is 19.6 Å². The van der Waals surface area contributed by atoms with Crippen molar-refractivity contribution in [2.24, 2.45) is 0 Å². The molecular formula is C11H15FN2O2S. The van der Waals surface area contributed by atoms with Gasteiger partial charge in [0.25, 0.3) is 0 Å². The molecule has 1 saturated heterocycles. The number of likely N-dealkylation sites (N-methyl/N-ethyl adjacent to an activating group) is 1. The highest BCUT2D eigenvalue weighted by Gasteiger charge is 2.30. The average Bonchev–Trinajstić information content (AvgIpc) is 2.29. The quantitative estimate of drug-likeness (QED) is 0.783. The Labute approximate surface area is 100 Å². The van der Waals surface area contributed by atoms with Gasteiger partial charge in [-0.3, -0.25) is 5.32 Å². The van der Waals surface area contributed by atoms with E-state index in [1.807, 2.05) is 11.9 Å². The molecule has 94 valence electrons.